The molecule has 7 rings (SSSR count). The van der Waals surface area contributed by atoms with Gasteiger partial charge >= 0.3 is 0 Å². The van der Waals surface area contributed by atoms with Crippen molar-refractivity contribution < 1.29 is 9.47 Å². The van der Waals surface area contributed by atoms with Gasteiger partial charge in [0.05, 0.1) is 44.2 Å². The number of aromatic nitrogens is 3. The van der Waals surface area contributed by atoms with Gasteiger partial charge in [-0.25, -0.2) is 0 Å². The smallest absolute Gasteiger partial charge is 0.159 e. The highest BCUT2D eigenvalue weighted by molar-refractivity contribution is 5.93. The summed E-state index contributed by atoms with van der Waals surface area (Å²) >= 11 is 0. The molecule has 1 N–H and O–H groups in total. The minimum absolute atomic E-state index is 0.564. The molecule has 8 heteroatoms. The Labute approximate surface area is 230 Å². The monoisotopic (exact) mass is 524 g/mol. The molecule has 0 amide bonds. The number of fused-ring (bicyclic) bond motifs is 1. The second-order valence-corrected chi connectivity index (χ2v) is 10.3. The number of nitrogens with zero attached hydrogens (tertiary/aromatic N) is 5. The summed E-state index contributed by atoms with van der Waals surface area (Å²) in [6.07, 6.45) is 4.56. The molecule has 39 heavy (non-hydrogen) atoms. The number of piperazine rings is 1. The quantitative estimate of drug-likeness (QED) is 0.395. The van der Waals surface area contributed by atoms with E-state index in [1.807, 2.05) is 24.5 Å². The molecule has 202 valence electrons. The fourth-order valence-electron chi connectivity index (χ4n) is 5.26. The average Bonchev–Trinajstić information content (AvgIpc) is 2.93. The van der Waals surface area contributed by atoms with E-state index in [-0.39, 0.29) is 0 Å². The Balaban J connectivity index is 0.000000151. The lowest BCUT2D eigenvalue weighted by Crippen LogP contribution is -2.58. The van der Waals surface area contributed by atoms with Crippen molar-refractivity contribution in [2.24, 2.45) is 0 Å². The van der Waals surface area contributed by atoms with Gasteiger partial charge < -0.3 is 19.7 Å². The van der Waals surface area contributed by atoms with Gasteiger partial charge in [-0.15, -0.1) is 5.10 Å². The van der Waals surface area contributed by atoms with Crippen LogP contribution in [0.4, 0.5) is 5.82 Å². The Bertz CT molecular complexity index is 1310. The minimum atomic E-state index is 0.564. The number of nitrogens with one attached hydrogen (secondary N) is 1. The van der Waals surface area contributed by atoms with E-state index in [4.69, 9.17) is 9.47 Å². The molecule has 0 radical (unpaired) electrons. The predicted octanol–water partition coefficient (Wildman–Crippen LogP) is 3.31. The number of hydrogen-bond donors (Lipinski definition) is 1. The van der Waals surface area contributed by atoms with Gasteiger partial charge in [-0.1, -0.05) is 60.7 Å². The molecule has 5 heterocycles. The Morgan fingerprint density at radius 2 is 1.44 bits per heavy atom. The molecule has 0 saturated carbocycles. The zero-order valence-electron chi connectivity index (χ0n) is 22.3. The highest BCUT2D eigenvalue weighted by atomic mass is 16.5. The van der Waals surface area contributed by atoms with Gasteiger partial charge in [-0.2, -0.15) is 5.10 Å². The van der Waals surface area contributed by atoms with Crippen LogP contribution in [0.5, 0.6) is 0 Å². The fraction of sp³-hybridized carbons (Fsp3) is 0.387. The van der Waals surface area contributed by atoms with E-state index in [2.05, 4.69) is 84.9 Å². The predicted molar refractivity (Wildman–Crippen MR) is 153 cm³/mol. The van der Waals surface area contributed by atoms with E-state index >= 15 is 0 Å². The lowest BCUT2D eigenvalue weighted by atomic mass is 10.0. The molecule has 3 aliphatic heterocycles. The number of rotatable bonds is 7. The first-order valence-electron chi connectivity index (χ1n) is 13.9. The van der Waals surface area contributed by atoms with Gasteiger partial charge in [-0.05, 0) is 17.2 Å². The van der Waals surface area contributed by atoms with Crippen LogP contribution in [0.15, 0.2) is 79.1 Å². The van der Waals surface area contributed by atoms with E-state index in [0.717, 1.165) is 77.1 Å². The normalized spacial score (nSPS) is 17.8. The SMILES string of the molecule is c1ccc(Cc2nnc(N3CCNCC3)c3ccccc23)cc1.c1cncc(CN(C2COC2)C2COC2)c1. The number of hydrogen-bond acceptors (Lipinski definition) is 8. The summed E-state index contributed by atoms with van der Waals surface area (Å²) in [6, 6.07) is 24.2. The second-order valence-electron chi connectivity index (χ2n) is 10.3. The highest BCUT2D eigenvalue weighted by Crippen LogP contribution is 2.27. The molecule has 4 aromatic rings. The molecule has 0 atom stereocenters. The summed E-state index contributed by atoms with van der Waals surface area (Å²) < 4.78 is 10.5. The molecule has 3 aliphatic rings. The van der Waals surface area contributed by atoms with Crippen LogP contribution in [0.25, 0.3) is 10.8 Å². The maximum Gasteiger partial charge on any atom is 0.159 e. The van der Waals surface area contributed by atoms with Crippen LogP contribution in [0, 0.1) is 0 Å². The molecule has 0 bridgehead atoms. The van der Waals surface area contributed by atoms with Gasteiger partial charge in [0.2, 0.25) is 0 Å². The van der Waals surface area contributed by atoms with Crippen molar-refractivity contribution >= 4 is 16.6 Å². The summed E-state index contributed by atoms with van der Waals surface area (Å²) in [6.45, 7) is 8.36. The van der Waals surface area contributed by atoms with Crippen LogP contribution in [0.1, 0.15) is 16.8 Å². The van der Waals surface area contributed by atoms with Crippen molar-refractivity contribution in [2.45, 2.75) is 25.0 Å². The molecule has 2 aromatic heterocycles. The second kappa shape index (κ2) is 12.6. The van der Waals surface area contributed by atoms with Crippen molar-refractivity contribution in [3.63, 3.8) is 0 Å². The molecule has 3 fully saturated rings. The fourth-order valence-corrected chi connectivity index (χ4v) is 5.26. The molecule has 2 aromatic carbocycles. The first-order chi connectivity index (χ1) is 19.3. The minimum Gasteiger partial charge on any atom is -0.378 e. The third kappa shape index (κ3) is 6.25. The van der Waals surface area contributed by atoms with E-state index in [0.29, 0.717) is 12.1 Å². The van der Waals surface area contributed by atoms with Crippen LogP contribution in [-0.2, 0) is 22.4 Å². The van der Waals surface area contributed by atoms with E-state index < -0.39 is 0 Å². The van der Waals surface area contributed by atoms with E-state index in [1.54, 1.807) is 0 Å². The van der Waals surface area contributed by atoms with Crippen LogP contribution in [-0.4, -0.2) is 84.8 Å². The molecule has 3 saturated heterocycles. The maximum atomic E-state index is 5.27. The number of ether oxygens (including phenoxy) is 2. The van der Waals surface area contributed by atoms with Crippen molar-refractivity contribution in [1.29, 1.82) is 0 Å². The first-order valence-corrected chi connectivity index (χ1v) is 13.9. The topological polar surface area (TPSA) is 75.6 Å². The molecule has 0 spiro atoms. The lowest BCUT2D eigenvalue weighted by Gasteiger charge is -2.45. The summed E-state index contributed by atoms with van der Waals surface area (Å²) in [4.78, 5) is 8.98. The third-order valence-electron chi connectivity index (χ3n) is 7.64. The summed E-state index contributed by atoms with van der Waals surface area (Å²) in [5.41, 5.74) is 3.58. The van der Waals surface area contributed by atoms with Gasteiger partial charge in [-0.3, -0.25) is 9.88 Å². The summed E-state index contributed by atoms with van der Waals surface area (Å²) in [5.74, 6) is 1.01. The van der Waals surface area contributed by atoms with Crippen molar-refractivity contribution in [3.8, 4) is 0 Å². The van der Waals surface area contributed by atoms with E-state index in [9.17, 15) is 0 Å². The van der Waals surface area contributed by atoms with Crippen LogP contribution in [0.2, 0.25) is 0 Å². The van der Waals surface area contributed by atoms with Crippen molar-refractivity contribution in [3.05, 3.63) is 95.9 Å². The number of pyridine rings is 1. The largest absolute Gasteiger partial charge is 0.378 e. The van der Waals surface area contributed by atoms with Crippen LogP contribution < -0.4 is 10.2 Å². The summed E-state index contributed by atoms with van der Waals surface area (Å²) in [7, 11) is 0. The highest BCUT2D eigenvalue weighted by Gasteiger charge is 2.35. The van der Waals surface area contributed by atoms with E-state index in [1.165, 1.54) is 21.9 Å². The number of benzene rings is 2. The zero-order chi connectivity index (χ0) is 26.3. The van der Waals surface area contributed by atoms with Crippen molar-refractivity contribution in [2.75, 3.05) is 57.5 Å². The molecule has 0 unspecified atom stereocenters. The maximum absolute atomic E-state index is 5.27. The van der Waals surface area contributed by atoms with Gasteiger partial charge in [0, 0.05) is 62.3 Å². The van der Waals surface area contributed by atoms with Gasteiger partial charge in [0.15, 0.2) is 5.82 Å². The number of anilines is 1. The average molecular weight is 525 g/mol. The van der Waals surface area contributed by atoms with Gasteiger partial charge in [0.1, 0.15) is 0 Å². The first kappa shape index (κ1) is 25.8. The standard InChI is InChI=1S/C19H20N4.C12H16N2O2/c1-2-6-15(7-3-1)14-18-16-8-4-5-9-17(16)19(22-21-18)23-12-10-20-11-13-23;1-2-10(4-13-3-1)5-14(11-6-15-7-11)12-8-16-9-12/h1-9,20H,10-14H2;1-4,11-12H,5-9H2. The van der Waals surface area contributed by atoms with Crippen LogP contribution in [0.3, 0.4) is 0 Å². The van der Waals surface area contributed by atoms with Crippen LogP contribution >= 0.6 is 0 Å². The third-order valence-corrected chi connectivity index (χ3v) is 7.64. The van der Waals surface area contributed by atoms with Gasteiger partial charge in [0.25, 0.3) is 0 Å². The lowest BCUT2D eigenvalue weighted by molar-refractivity contribution is -0.140. The Morgan fingerprint density at radius 3 is 2.08 bits per heavy atom. The molecule has 0 aliphatic carbocycles. The molecule has 8 nitrogen and oxygen atoms in total. The van der Waals surface area contributed by atoms with Crippen molar-refractivity contribution in [1.82, 2.24) is 25.4 Å². The zero-order valence-corrected chi connectivity index (χ0v) is 22.3. The molecular formula is C31H36N6O2. The summed E-state index contributed by atoms with van der Waals surface area (Å²) in [5, 5.41) is 14.9. The molecular weight excluding hydrogens is 488 g/mol. The Hall–Kier alpha value is -3.43. The Morgan fingerprint density at radius 1 is 0.769 bits per heavy atom. The Kier molecular flexibility index (Phi) is 8.35.